The van der Waals surface area contributed by atoms with Gasteiger partial charge < -0.3 is 15.0 Å². The first-order valence-electron chi connectivity index (χ1n) is 8.87. The number of ether oxygens (including phenoxy) is 1. The third-order valence-electron chi connectivity index (χ3n) is 3.98. The number of amides is 1. The predicted molar refractivity (Wildman–Crippen MR) is 95.6 cm³/mol. The van der Waals surface area contributed by atoms with Crippen molar-refractivity contribution in [2.24, 2.45) is 0 Å². The van der Waals surface area contributed by atoms with Crippen LogP contribution in [0.1, 0.15) is 38.7 Å². The molecule has 0 radical (unpaired) electrons. The maximum absolute atomic E-state index is 11.7. The number of benzene rings is 1. The lowest BCUT2D eigenvalue weighted by molar-refractivity contribution is -0.121. The molecule has 0 aliphatic rings. The molecule has 1 aromatic rings. The van der Waals surface area contributed by atoms with Crippen LogP contribution in [0.2, 0.25) is 0 Å². The van der Waals surface area contributed by atoms with Gasteiger partial charge in [0.15, 0.2) is 0 Å². The van der Waals surface area contributed by atoms with Crippen molar-refractivity contribution in [3.8, 4) is 0 Å². The predicted octanol–water partition coefficient (Wildman–Crippen LogP) is 2.87. The van der Waals surface area contributed by atoms with Gasteiger partial charge in [0.2, 0.25) is 5.91 Å². The van der Waals surface area contributed by atoms with Gasteiger partial charge >= 0.3 is 0 Å². The Hall–Kier alpha value is -1.39. The molecule has 0 heterocycles. The molecule has 4 heteroatoms. The molecule has 0 aliphatic carbocycles. The van der Waals surface area contributed by atoms with Crippen molar-refractivity contribution in [3.63, 3.8) is 0 Å². The average molecular weight is 320 g/mol. The van der Waals surface area contributed by atoms with Crippen molar-refractivity contribution in [2.45, 2.75) is 39.5 Å². The summed E-state index contributed by atoms with van der Waals surface area (Å²) in [5, 5.41) is 2.92. The highest BCUT2D eigenvalue weighted by Crippen LogP contribution is 2.05. The molecule has 130 valence electrons. The Labute approximate surface area is 141 Å². The molecule has 23 heavy (non-hydrogen) atoms. The van der Waals surface area contributed by atoms with Gasteiger partial charge in [0.1, 0.15) is 0 Å². The molecule has 0 spiro atoms. The van der Waals surface area contributed by atoms with Gasteiger partial charge in [0.05, 0.1) is 13.2 Å². The first-order valence-corrected chi connectivity index (χ1v) is 8.87. The Morgan fingerprint density at radius 1 is 1.09 bits per heavy atom. The fraction of sp³-hybridized carbons (Fsp3) is 0.632. The van der Waals surface area contributed by atoms with Gasteiger partial charge in [-0.2, -0.15) is 0 Å². The summed E-state index contributed by atoms with van der Waals surface area (Å²) >= 11 is 0. The first-order chi connectivity index (χ1) is 11.3. The zero-order valence-corrected chi connectivity index (χ0v) is 14.7. The van der Waals surface area contributed by atoms with E-state index < -0.39 is 0 Å². The van der Waals surface area contributed by atoms with Gasteiger partial charge in [-0.3, -0.25) is 4.79 Å². The third-order valence-corrected chi connectivity index (χ3v) is 3.98. The van der Waals surface area contributed by atoms with Crippen LogP contribution in [0, 0.1) is 0 Å². The number of nitrogens with one attached hydrogen (secondary N) is 1. The number of aryl methyl sites for hydroxylation is 1. The minimum absolute atomic E-state index is 0.130. The zero-order chi connectivity index (χ0) is 16.8. The van der Waals surface area contributed by atoms with E-state index in [1.54, 1.807) is 0 Å². The number of carbonyl (C=O) groups is 1. The summed E-state index contributed by atoms with van der Waals surface area (Å²) in [6.07, 6.45) is 3.64. The Morgan fingerprint density at radius 2 is 1.83 bits per heavy atom. The summed E-state index contributed by atoms with van der Waals surface area (Å²) in [6.45, 7) is 9.31. The van der Waals surface area contributed by atoms with Crippen LogP contribution in [-0.4, -0.2) is 50.2 Å². The highest BCUT2D eigenvalue weighted by Gasteiger charge is 2.02. The molecule has 1 amide bonds. The number of likely N-dealkylation sites (N-methyl/N-ethyl adjacent to an activating group) is 1. The Morgan fingerprint density at radius 3 is 2.52 bits per heavy atom. The molecule has 0 saturated heterocycles. The van der Waals surface area contributed by atoms with Crippen LogP contribution in [0.3, 0.4) is 0 Å². The minimum atomic E-state index is 0.130. The number of nitrogens with zero attached hydrogens (tertiary/aromatic N) is 1. The van der Waals surface area contributed by atoms with Crippen LogP contribution < -0.4 is 5.32 Å². The van der Waals surface area contributed by atoms with E-state index in [0.29, 0.717) is 19.6 Å². The Bertz CT molecular complexity index is 405. The normalized spacial score (nSPS) is 10.9. The summed E-state index contributed by atoms with van der Waals surface area (Å²) in [4.78, 5) is 14.0. The number of carbonyl (C=O) groups excluding carboxylic acids is 1. The van der Waals surface area contributed by atoms with Crippen LogP contribution in [0.4, 0.5) is 0 Å². The molecule has 1 N–H and O–H groups in total. The molecule has 0 aromatic heterocycles. The van der Waals surface area contributed by atoms with Gasteiger partial charge in [-0.25, -0.2) is 0 Å². The van der Waals surface area contributed by atoms with Crippen molar-refractivity contribution in [2.75, 3.05) is 39.4 Å². The number of rotatable bonds is 13. The van der Waals surface area contributed by atoms with Crippen molar-refractivity contribution in [3.05, 3.63) is 35.9 Å². The maximum atomic E-state index is 11.7. The summed E-state index contributed by atoms with van der Waals surface area (Å²) in [6, 6.07) is 10.4. The lowest BCUT2D eigenvalue weighted by Crippen LogP contribution is -2.30. The smallest absolute Gasteiger partial charge is 0.220 e. The van der Waals surface area contributed by atoms with E-state index in [9.17, 15) is 4.79 Å². The van der Waals surface area contributed by atoms with Crippen molar-refractivity contribution in [1.82, 2.24) is 10.2 Å². The molecule has 0 aliphatic heterocycles. The SMILES string of the molecule is CCN(CC)CCOCCNC(=O)CCCCc1ccccc1. The monoisotopic (exact) mass is 320 g/mol. The van der Waals surface area contributed by atoms with E-state index in [4.69, 9.17) is 4.74 Å². The van der Waals surface area contributed by atoms with Crippen molar-refractivity contribution in [1.29, 1.82) is 0 Å². The maximum Gasteiger partial charge on any atom is 0.220 e. The Balaban J connectivity index is 1.92. The van der Waals surface area contributed by atoms with E-state index in [-0.39, 0.29) is 5.91 Å². The van der Waals surface area contributed by atoms with Gasteiger partial charge in [0, 0.05) is 19.5 Å². The molecular formula is C19H32N2O2. The third kappa shape index (κ3) is 10.1. The van der Waals surface area contributed by atoms with Crippen molar-refractivity contribution >= 4 is 5.91 Å². The van der Waals surface area contributed by atoms with Crippen LogP contribution in [-0.2, 0) is 16.0 Å². The molecule has 0 atom stereocenters. The minimum Gasteiger partial charge on any atom is -0.378 e. The summed E-state index contributed by atoms with van der Waals surface area (Å²) < 4.78 is 5.55. The molecule has 0 bridgehead atoms. The zero-order valence-electron chi connectivity index (χ0n) is 14.7. The molecular weight excluding hydrogens is 288 g/mol. The van der Waals surface area contributed by atoms with E-state index in [1.165, 1.54) is 5.56 Å². The van der Waals surface area contributed by atoms with E-state index in [1.807, 2.05) is 6.07 Å². The number of unbranched alkanes of at least 4 members (excludes halogenated alkanes) is 1. The summed E-state index contributed by atoms with van der Waals surface area (Å²) in [5.41, 5.74) is 1.34. The molecule has 0 unspecified atom stereocenters. The van der Waals surface area contributed by atoms with Gasteiger partial charge in [-0.15, -0.1) is 0 Å². The van der Waals surface area contributed by atoms with Crippen LogP contribution >= 0.6 is 0 Å². The Kier molecular flexibility index (Phi) is 11.2. The lowest BCUT2D eigenvalue weighted by atomic mass is 10.1. The molecule has 1 aromatic carbocycles. The number of hydrogen-bond acceptors (Lipinski definition) is 3. The average Bonchev–Trinajstić information content (AvgIpc) is 2.59. The van der Waals surface area contributed by atoms with Crippen LogP contribution in [0.15, 0.2) is 30.3 Å². The topological polar surface area (TPSA) is 41.6 Å². The summed E-state index contributed by atoms with van der Waals surface area (Å²) in [5.74, 6) is 0.130. The second-order valence-corrected chi connectivity index (χ2v) is 5.68. The van der Waals surface area contributed by atoms with E-state index in [2.05, 4.69) is 48.3 Å². The van der Waals surface area contributed by atoms with Crippen LogP contribution in [0.25, 0.3) is 0 Å². The van der Waals surface area contributed by atoms with Gasteiger partial charge in [-0.1, -0.05) is 44.2 Å². The largest absolute Gasteiger partial charge is 0.378 e. The molecule has 0 saturated carbocycles. The van der Waals surface area contributed by atoms with Gasteiger partial charge in [-0.05, 0) is 37.9 Å². The van der Waals surface area contributed by atoms with E-state index in [0.717, 1.165) is 45.5 Å². The van der Waals surface area contributed by atoms with E-state index >= 15 is 0 Å². The highest BCUT2D eigenvalue weighted by molar-refractivity contribution is 5.75. The highest BCUT2D eigenvalue weighted by atomic mass is 16.5. The first kappa shape index (κ1) is 19.7. The fourth-order valence-electron chi connectivity index (χ4n) is 2.45. The second kappa shape index (κ2) is 13.1. The molecule has 0 fully saturated rings. The quantitative estimate of drug-likeness (QED) is 0.568. The lowest BCUT2D eigenvalue weighted by Gasteiger charge is -2.17. The van der Waals surface area contributed by atoms with Crippen LogP contribution in [0.5, 0.6) is 0 Å². The molecule has 1 rings (SSSR count). The molecule has 4 nitrogen and oxygen atoms in total. The second-order valence-electron chi connectivity index (χ2n) is 5.68. The van der Waals surface area contributed by atoms with Crippen molar-refractivity contribution < 1.29 is 9.53 Å². The number of hydrogen-bond donors (Lipinski definition) is 1. The standard InChI is InChI=1S/C19H32N2O2/c1-3-21(4-2)15-17-23-16-14-20-19(22)13-9-8-12-18-10-6-5-7-11-18/h5-7,10-11H,3-4,8-9,12-17H2,1-2H3,(H,20,22). The summed E-state index contributed by atoms with van der Waals surface area (Å²) in [7, 11) is 0. The van der Waals surface area contributed by atoms with Gasteiger partial charge in [0.25, 0.3) is 0 Å². The fourth-order valence-corrected chi connectivity index (χ4v) is 2.45.